The van der Waals surface area contributed by atoms with Crippen LogP contribution in [0.2, 0.25) is 0 Å². The second-order valence-electron chi connectivity index (χ2n) is 5.36. The number of carbonyl (C=O) groups excluding carboxylic acids is 2. The molecule has 2 atom stereocenters. The molecule has 0 aromatic carbocycles. The van der Waals surface area contributed by atoms with Crippen LogP contribution in [-0.2, 0) is 14.4 Å². The molecular weight excluding hydrogens is 282 g/mol. The number of carboxylic acid groups (broad SMARTS) is 1. The molecule has 0 spiro atoms. The Labute approximate surface area is 123 Å². The van der Waals surface area contributed by atoms with E-state index in [4.69, 9.17) is 10.8 Å². The Kier molecular flexibility index (Phi) is 7.59. The van der Waals surface area contributed by atoms with Crippen LogP contribution >= 0.6 is 11.8 Å². The van der Waals surface area contributed by atoms with Crippen molar-refractivity contribution in [2.45, 2.75) is 44.0 Å². The van der Waals surface area contributed by atoms with Crippen molar-refractivity contribution in [2.75, 3.05) is 12.8 Å². The number of amides is 2. The van der Waals surface area contributed by atoms with Gasteiger partial charge in [0.2, 0.25) is 11.8 Å². The predicted molar refractivity (Wildman–Crippen MR) is 78.4 cm³/mol. The average Bonchev–Trinajstić information content (AvgIpc) is 2.30. The van der Waals surface area contributed by atoms with Crippen molar-refractivity contribution < 1.29 is 19.5 Å². The lowest BCUT2D eigenvalue weighted by Crippen LogP contribution is -2.55. The minimum Gasteiger partial charge on any atom is -0.480 e. The molecule has 0 aliphatic rings. The highest BCUT2D eigenvalue weighted by Crippen LogP contribution is 2.11. The predicted octanol–water partition coefficient (Wildman–Crippen LogP) is -0.449. The van der Waals surface area contributed by atoms with Gasteiger partial charge in [-0.2, -0.15) is 0 Å². The van der Waals surface area contributed by atoms with E-state index in [2.05, 4.69) is 10.6 Å². The van der Waals surface area contributed by atoms with Crippen molar-refractivity contribution in [3.8, 4) is 0 Å². The standard InChI is InChI=1S/C12H23N3O4S/c1-12(2,3)15-10(17)7(6-13)14-9(16)5-8(20-4)11(18)19/h7-8H,5-6,13H2,1-4H3,(H,14,16)(H,15,17)(H,18,19). The molecule has 2 amide bonds. The number of nitrogens with one attached hydrogen (secondary N) is 2. The first kappa shape index (κ1) is 18.7. The maximum absolute atomic E-state index is 11.9. The Morgan fingerprint density at radius 3 is 2.20 bits per heavy atom. The van der Waals surface area contributed by atoms with Gasteiger partial charge in [-0.15, -0.1) is 11.8 Å². The number of rotatable bonds is 7. The Morgan fingerprint density at radius 1 is 1.30 bits per heavy atom. The molecule has 0 heterocycles. The fourth-order valence-corrected chi connectivity index (χ4v) is 1.90. The third-order valence-electron chi connectivity index (χ3n) is 2.32. The lowest BCUT2D eigenvalue weighted by Gasteiger charge is -2.25. The van der Waals surface area contributed by atoms with Crippen LogP contribution in [-0.4, -0.2) is 52.5 Å². The maximum atomic E-state index is 11.9. The molecule has 0 aliphatic heterocycles. The first-order valence-corrected chi connectivity index (χ1v) is 7.46. The van der Waals surface area contributed by atoms with Gasteiger partial charge in [-0.25, -0.2) is 0 Å². The molecule has 116 valence electrons. The lowest BCUT2D eigenvalue weighted by molar-refractivity contribution is -0.138. The van der Waals surface area contributed by atoms with E-state index in [0.29, 0.717) is 0 Å². The van der Waals surface area contributed by atoms with E-state index >= 15 is 0 Å². The Hall–Kier alpha value is -1.28. The summed E-state index contributed by atoms with van der Waals surface area (Å²) in [6, 6.07) is -0.863. The number of carbonyl (C=O) groups is 3. The summed E-state index contributed by atoms with van der Waals surface area (Å²) in [5.41, 5.74) is 5.03. The van der Waals surface area contributed by atoms with Crippen molar-refractivity contribution in [1.82, 2.24) is 10.6 Å². The molecule has 20 heavy (non-hydrogen) atoms. The summed E-state index contributed by atoms with van der Waals surface area (Å²) in [5.74, 6) is -1.95. The molecular formula is C12H23N3O4S. The highest BCUT2D eigenvalue weighted by molar-refractivity contribution is 7.99. The highest BCUT2D eigenvalue weighted by atomic mass is 32.2. The molecule has 5 N–H and O–H groups in total. The van der Waals surface area contributed by atoms with Gasteiger partial charge in [-0.05, 0) is 27.0 Å². The van der Waals surface area contributed by atoms with E-state index in [-0.39, 0.29) is 18.9 Å². The lowest BCUT2D eigenvalue weighted by atomic mass is 10.1. The first-order valence-electron chi connectivity index (χ1n) is 6.17. The van der Waals surface area contributed by atoms with Crippen LogP contribution in [0.5, 0.6) is 0 Å². The van der Waals surface area contributed by atoms with E-state index in [1.807, 2.05) is 20.8 Å². The summed E-state index contributed by atoms with van der Waals surface area (Å²) >= 11 is 1.07. The molecule has 0 bridgehead atoms. The van der Waals surface area contributed by atoms with Gasteiger partial charge in [-0.1, -0.05) is 0 Å². The highest BCUT2D eigenvalue weighted by Gasteiger charge is 2.26. The van der Waals surface area contributed by atoms with Gasteiger partial charge < -0.3 is 21.5 Å². The second kappa shape index (κ2) is 8.11. The van der Waals surface area contributed by atoms with Gasteiger partial charge in [0.05, 0.1) is 0 Å². The van der Waals surface area contributed by atoms with Gasteiger partial charge in [0.15, 0.2) is 0 Å². The van der Waals surface area contributed by atoms with E-state index in [1.54, 1.807) is 6.26 Å². The zero-order chi connectivity index (χ0) is 15.9. The monoisotopic (exact) mass is 305 g/mol. The van der Waals surface area contributed by atoms with Crippen LogP contribution in [0.3, 0.4) is 0 Å². The topological polar surface area (TPSA) is 122 Å². The van der Waals surface area contributed by atoms with Crippen molar-refractivity contribution in [1.29, 1.82) is 0 Å². The van der Waals surface area contributed by atoms with Crippen molar-refractivity contribution in [3.05, 3.63) is 0 Å². The number of nitrogens with two attached hydrogens (primary N) is 1. The quantitative estimate of drug-likeness (QED) is 0.505. The molecule has 0 rings (SSSR count). The van der Waals surface area contributed by atoms with Crippen molar-refractivity contribution >= 4 is 29.5 Å². The fraction of sp³-hybridized carbons (Fsp3) is 0.750. The molecule has 2 unspecified atom stereocenters. The van der Waals surface area contributed by atoms with Crippen LogP contribution in [0.1, 0.15) is 27.2 Å². The third-order valence-corrected chi connectivity index (χ3v) is 3.25. The average molecular weight is 305 g/mol. The Morgan fingerprint density at radius 2 is 1.85 bits per heavy atom. The number of thioether (sulfide) groups is 1. The summed E-state index contributed by atoms with van der Waals surface area (Å²) in [5, 5.41) is 13.2. The number of hydrogen-bond donors (Lipinski definition) is 4. The van der Waals surface area contributed by atoms with Crippen LogP contribution in [0.4, 0.5) is 0 Å². The summed E-state index contributed by atoms with van der Waals surface area (Å²) in [4.78, 5) is 34.5. The molecule has 0 aliphatic carbocycles. The molecule has 0 aromatic rings. The largest absolute Gasteiger partial charge is 0.480 e. The van der Waals surface area contributed by atoms with Gasteiger partial charge in [0, 0.05) is 18.5 Å². The summed E-state index contributed by atoms with van der Waals surface area (Å²) in [6.07, 6.45) is 1.41. The Bertz CT molecular complexity index is 368. The third kappa shape index (κ3) is 7.34. The fourth-order valence-electron chi connectivity index (χ4n) is 1.38. The molecule has 0 aromatic heterocycles. The van der Waals surface area contributed by atoms with Crippen LogP contribution in [0.25, 0.3) is 0 Å². The summed E-state index contributed by atoms with van der Waals surface area (Å²) in [6.45, 7) is 5.39. The SMILES string of the molecule is CSC(CC(=O)NC(CN)C(=O)NC(C)(C)C)C(=O)O. The van der Waals surface area contributed by atoms with Gasteiger partial charge in [0.25, 0.3) is 0 Å². The molecule has 0 radical (unpaired) electrons. The minimum atomic E-state index is -1.06. The maximum Gasteiger partial charge on any atom is 0.317 e. The van der Waals surface area contributed by atoms with Crippen LogP contribution < -0.4 is 16.4 Å². The van der Waals surface area contributed by atoms with E-state index in [9.17, 15) is 14.4 Å². The summed E-state index contributed by atoms with van der Waals surface area (Å²) in [7, 11) is 0. The molecule has 0 fully saturated rings. The Balaban J connectivity index is 4.53. The van der Waals surface area contributed by atoms with Crippen molar-refractivity contribution in [2.24, 2.45) is 5.73 Å². The van der Waals surface area contributed by atoms with Gasteiger partial charge >= 0.3 is 5.97 Å². The van der Waals surface area contributed by atoms with Gasteiger partial charge in [0.1, 0.15) is 11.3 Å². The van der Waals surface area contributed by atoms with Crippen LogP contribution in [0, 0.1) is 0 Å². The zero-order valence-electron chi connectivity index (χ0n) is 12.2. The van der Waals surface area contributed by atoms with E-state index < -0.39 is 28.7 Å². The number of carboxylic acids is 1. The molecule has 7 nitrogen and oxygen atoms in total. The first-order chi connectivity index (χ1) is 9.10. The van der Waals surface area contributed by atoms with E-state index in [1.165, 1.54) is 0 Å². The second-order valence-corrected chi connectivity index (χ2v) is 6.40. The van der Waals surface area contributed by atoms with E-state index in [0.717, 1.165) is 11.8 Å². The number of hydrogen-bond acceptors (Lipinski definition) is 5. The minimum absolute atomic E-state index is 0.0509. The molecule has 0 saturated carbocycles. The van der Waals surface area contributed by atoms with Crippen LogP contribution in [0.15, 0.2) is 0 Å². The van der Waals surface area contributed by atoms with Gasteiger partial charge in [-0.3, -0.25) is 14.4 Å². The molecule has 0 saturated heterocycles. The zero-order valence-corrected chi connectivity index (χ0v) is 13.0. The molecule has 8 heteroatoms. The van der Waals surface area contributed by atoms with Crippen molar-refractivity contribution in [3.63, 3.8) is 0 Å². The summed E-state index contributed by atoms with van der Waals surface area (Å²) < 4.78 is 0. The number of aliphatic carboxylic acids is 1. The smallest absolute Gasteiger partial charge is 0.317 e. The normalized spacial score (nSPS) is 14.2.